The van der Waals surface area contributed by atoms with Crippen LogP contribution in [0.1, 0.15) is 15.9 Å². The molecule has 31 heavy (non-hydrogen) atoms. The summed E-state index contributed by atoms with van der Waals surface area (Å²) in [6.45, 7) is 3.82. The van der Waals surface area contributed by atoms with E-state index in [1.54, 1.807) is 18.2 Å². The van der Waals surface area contributed by atoms with E-state index in [0.717, 1.165) is 25.9 Å². The number of aldehydes is 1. The first-order chi connectivity index (χ1) is 15.2. The third-order valence-corrected chi connectivity index (χ3v) is 5.67. The summed E-state index contributed by atoms with van der Waals surface area (Å²) in [6.07, 6.45) is 0.745. The molecule has 1 aliphatic rings. The molecule has 4 rings (SSSR count). The molecule has 0 unspecified atom stereocenters. The molecule has 0 aromatic heterocycles. The number of piperazine rings is 1. The van der Waals surface area contributed by atoms with Crippen molar-refractivity contribution in [3.63, 3.8) is 0 Å². The van der Waals surface area contributed by atoms with Gasteiger partial charge in [0.05, 0.1) is 7.11 Å². The first kappa shape index (κ1) is 20.9. The smallest absolute Gasteiger partial charge is 0.260 e. The Labute approximate surface area is 182 Å². The number of hydrogen-bond donors (Lipinski definition) is 0. The molecule has 6 heteroatoms. The maximum absolute atomic E-state index is 12.6. The molecule has 1 aliphatic heterocycles. The second kappa shape index (κ2) is 9.62. The number of hydrogen-bond acceptors (Lipinski definition) is 5. The van der Waals surface area contributed by atoms with Gasteiger partial charge in [0, 0.05) is 38.3 Å². The van der Waals surface area contributed by atoms with Crippen LogP contribution in [0.2, 0.25) is 0 Å². The number of benzene rings is 3. The van der Waals surface area contributed by atoms with E-state index in [9.17, 15) is 9.59 Å². The quantitative estimate of drug-likeness (QED) is 0.551. The molecule has 0 bridgehead atoms. The number of carbonyl (C=O) groups excluding carboxylic acids is 2. The molecule has 0 N–H and O–H groups in total. The Morgan fingerprint density at radius 3 is 2.52 bits per heavy atom. The number of methoxy groups -OCH3 is 1. The van der Waals surface area contributed by atoms with Gasteiger partial charge in [-0.1, -0.05) is 42.5 Å². The summed E-state index contributed by atoms with van der Waals surface area (Å²) in [5, 5.41) is 2.54. The molecule has 0 spiro atoms. The van der Waals surface area contributed by atoms with Gasteiger partial charge in [-0.15, -0.1) is 0 Å². The molecule has 1 amide bonds. The Balaban J connectivity index is 1.30. The molecular weight excluding hydrogens is 392 g/mol. The minimum Gasteiger partial charge on any atom is -0.493 e. The fourth-order valence-corrected chi connectivity index (χ4v) is 3.93. The van der Waals surface area contributed by atoms with Crippen LogP contribution < -0.4 is 9.47 Å². The largest absolute Gasteiger partial charge is 0.493 e. The molecule has 0 aliphatic carbocycles. The van der Waals surface area contributed by atoms with Crippen LogP contribution in [0.3, 0.4) is 0 Å². The molecule has 1 saturated heterocycles. The predicted molar refractivity (Wildman–Crippen MR) is 120 cm³/mol. The normalized spacial score (nSPS) is 14.4. The van der Waals surface area contributed by atoms with Crippen molar-refractivity contribution in [1.29, 1.82) is 0 Å². The zero-order chi connectivity index (χ0) is 21.6. The number of amides is 1. The average molecular weight is 418 g/mol. The zero-order valence-electron chi connectivity index (χ0n) is 17.6. The van der Waals surface area contributed by atoms with E-state index in [1.165, 1.54) is 23.4 Å². The van der Waals surface area contributed by atoms with Gasteiger partial charge in [0.2, 0.25) is 0 Å². The standard InChI is InChI=1S/C25H26N2O4/c1-30-24-15-19(17-28)9-10-23(24)31-18-25(29)27-13-11-26(12-14-27)16-21-7-4-6-20-5-2-3-8-22(20)21/h2-10,15,17H,11-14,16,18H2,1H3. The third-order valence-electron chi connectivity index (χ3n) is 5.67. The molecular formula is C25H26N2O4. The van der Waals surface area contributed by atoms with Crippen LogP contribution >= 0.6 is 0 Å². The Kier molecular flexibility index (Phi) is 6.48. The van der Waals surface area contributed by atoms with Gasteiger partial charge in [-0.3, -0.25) is 14.5 Å². The number of fused-ring (bicyclic) bond motifs is 1. The molecule has 1 fully saturated rings. The summed E-state index contributed by atoms with van der Waals surface area (Å²) in [5.41, 5.74) is 1.81. The molecule has 3 aromatic rings. The number of rotatable bonds is 7. The molecule has 1 heterocycles. The Hall–Kier alpha value is -3.38. The molecule has 160 valence electrons. The van der Waals surface area contributed by atoms with Crippen LogP contribution in [0.25, 0.3) is 10.8 Å². The van der Waals surface area contributed by atoms with E-state index in [2.05, 4.69) is 47.4 Å². The SMILES string of the molecule is COc1cc(C=O)ccc1OCC(=O)N1CCN(Cc2cccc3ccccc23)CC1. The summed E-state index contributed by atoms with van der Waals surface area (Å²) in [6, 6.07) is 19.7. The zero-order valence-corrected chi connectivity index (χ0v) is 17.6. The van der Waals surface area contributed by atoms with Crippen LogP contribution in [0, 0.1) is 0 Å². The van der Waals surface area contributed by atoms with E-state index in [1.807, 2.05) is 4.90 Å². The van der Waals surface area contributed by atoms with Crippen LogP contribution in [-0.4, -0.2) is 61.9 Å². The van der Waals surface area contributed by atoms with E-state index in [0.29, 0.717) is 30.2 Å². The number of ether oxygens (including phenoxy) is 2. The van der Waals surface area contributed by atoms with E-state index in [-0.39, 0.29) is 12.5 Å². The summed E-state index contributed by atoms with van der Waals surface area (Å²) >= 11 is 0. The minimum atomic E-state index is -0.0554. The van der Waals surface area contributed by atoms with Crippen molar-refractivity contribution in [2.75, 3.05) is 39.9 Å². The van der Waals surface area contributed by atoms with Gasteiger partial charge in [0.1, 0.15) is 6.29 Å². The Bertz CT molecular complexity index is 1070. The van der Waals surface area contributed by atoms with Gasteiger partial charge in [-0.05, 0) is 34.5 Å². The van der Waals surface area contributed by atoms with Gasteiger partial charge in [-0.25, -0.2) is 0 Å². The van der Waals surface area contributed by atoms with Crippen molar-refractivity contribution < 1.29 is 19.1 Å². The van der Waals surface area contributed by atoms with Gasteiger partial charge < -0.3 is 14.4 Å². The maximum atomic E-state index is 12.6. The van der Waals surface area contributed by atoms with E-state index >= 15 is 0 Å². The molecule has 6 nitrogen and oxygen atoms in total. The monoisotopic (exact) mass is 418 g/mol. The van der Waals surface area contributed by atoms with Gasteiger partial charge >= 0.3 is 0 Å². The Morgan fingerprint density at radius 2 is 1.74 bits per heavy atom. The number of carbonyl (C=O) groups is 2. The van der Waals surface area contributed by atoms with Gasteiger partial charge in [0.15, 0.2) is 18.1 Å². The van der Waals surface area contributed by atoms with Crippen molar-refractivity contribution in [1.82, 2.24) is 9.80 Å². The predicted octanol–water partition coefficient (Wildman–Crippen LogP) is 3.38. The highest BCUT2D eigenvalue weighted by molar-refractivity contribution is 5.85. The molecule has 0 atom stereocenters. The Morgan fingerprint density at radius 1 is 0.968 bits per heavy atom. The molecule has 0 saturated carbocycles. The first-order valence-electron chi connectivity index (χ1n) is 10.4. The highest BCUT2D eigenvalue weighted by atomic mass is 16.5. The molecule has 0 radical (unpaired) electrons. The van der Waals surface area contributed by atoms with Crippen LogP contribution in [0.4, 0.5) is 0 Å². The lowest BCUT2D eigenvalue weighted by Gasteiger charge is -2.35. The fourth-order valence-electron chi connectivity index (χ4n) is 3.93. The summed E-state index contributed by atoms with van der Waals surface area (Å²) in [7, 11) is 1.51. The lowest BCUT2D eigenvalue weighted by atomic mass is 10.0. The van der Waals surface area contributed by atoms with Crippen molar-refractivity contribution in [3.05, 3.63) is 71.8 Å². The van der Waals surface area contributed by atoms with Crippen LogP contribution in [0.15, 0.2) is 60.7 Å². The highest BCUT2D eigenvalue weighted by Gasteiger charge is 2.22. The lowest BCUT2D eigenvalue weighted by Crippen LogP contribution is -2.49. The number of nitrogens with zero attached hydrogens (tertiary/aromatic N) is 2. The summed E-state index contributed by atoms with van der Waals surface area (Å²) in [4.78, 5) is 27.7. The first-order valence-corrected chi connectivity index (χ1v) is 10.4. The van der Waals surface area contributed by atoms with Crippen molar-refractivity contribution in [3.8, 4) is 11.5 Å². The second-order valence-corrected chi connectivity index (χ2v) is 7.61. The second-order valence-electron chi connectivity index (χ2n) is 7.61. The summed E-state index contributed by atoms with van der Waals surface area (Å²) < 4.78 is 10.9. The molecule has 3 aromatic carbocycles. The lowest BCUT2D eigenvalue weighted by molar-refractivity contribution is -0.135. The van der Waals surface area contributed by atoms with E-state index in [4.69, 9.17) is 9.47 Å². The minimum absolute atomic E-state index is 0.0497. The van der Waals surface area contributed by atoms with Crippen molar-refractivity contribution in [2.24, 2.45) is 0 Å². The van der Waals surface area contributed by atoms with Gasteiger partial charge in [-0.2, -0.15) is 0 Å². The maximum Gasteiger partial charge on any atom is 0.260 e. The van der Waals surface area contributed by atoms with Crippen molar-refractivity contribution in [2.45, 2.75) is 6.54 Å². The fraction of sp³-hybridized carbons (Fsp3) is 0.280. The van der Waals surface area contributed by atoms with Crippen LogP contribution in [-0.2, 0) is 11.3 Å². The van der Waals surface area contributed by atoms with Crippen molar-refractivity contribution >= 4 is 23.0 Å². The van der Waals surface area contributed by atoms with Crippen LogP contribution in [0.5, 0.6) is 11.5 Å². The average Bonchev–Trinajstić information content (AvgIpc) is 2.83. The van der Waals surface area contributed by atoms with E-state index < -0.39 is 0 Å². The third kappa shape index (κ3) is 4.86. The summed E-state index contributed by atoms with van der Waals surface area (Å²) in [5.74, 6) is 0.847. The van der Waals surface area contributed by atoms with Gasteiger partial charge in [0.25, 0.3) is 5.91 Å². The topological polar surface area (TPSA) is 59.1 Å². The highest BCUT2D eigenvalue weighted by Crippen LogP contribution is 2.27.